The van der Waals surface area contributed by atoms with E-state index in [1.807, 2.05) is 0 Å². The molecule has 1 unspecified atom stereocenters. The van der Waals surface area contributed by atoms with Crippen LogP contribution >= 0.6 is 0 Å². The van der Waals surface area contributed by atoms with E-state index in [1.54, 1.807) is 7.11 Å². The van der Waals surface area contributed by atoms with Gasteiger partial charge in [0.05, 0.1) is 18.6 Å². The molecule has 3 nitrogen and oxygen atoms in total. The number of alkyl halides is 1. The molecule has 0 bridgehead atoms. The van der Waals surface area contributed by atoms with Gasteiger partial charge in [-0.1, -0.05) is 46.8 Å². The molecule has 0 aromatic heterocycles. The lowest BCUT2D eigenvalue weighted by atomic mass is 9.32. The van der Waals surface area contributed by atoms with Crippen LogP contribution < -0.4 is 0 Å². The number of carbonyl (C=O) groups excluding carboxylic acids is 1. The van der Waals surface area contributed by atoms with Crippen LogP contribution in [0.15, 0.2) is 12.2 Å². The van der Waals surface area contributed by atoms with Crippen LogP contribution in [-0.2, 0) is 9.53 Å². The van der Waals surface area contributed by atoms with E-state index in [2.05, 4.69) is 48.1 Å². The predicted octanol–water partition coefficient (Wildman–Crippen LogP) is 7.13. The van der Waals surface area contributed by atoms with Crippen molar-refractivity contribution >= 4 is 5.97 Å². The summed E-state index contributed by atoms with van der Waals surface area (Å²) in [6.07, 6.45) is 6.75. The van der Waals surface area contributed by atoms with E-state index >= 15 is 4.39 Å². The Bertz CT molecular complexity index is 913. The lowest BCUT2D eigenvalue weighted by Gasteiger charge is -2.72. The van der Waals surface area contributed by atoms with Crippen LogP contribution in [0.25, 0.3) is 0 Å². The number of aliphatic hydroxyl groups excluding tert-OH is 1. The average Bonchev–Trinajstić information content (AvgIpc) is 3.18. The first-order chi connectivity index (χ1) is 16.2. The van der Waals surface area contributed by atoms with Crippen LogP contribution in [0.5, 0.6) is 0 Å². The summed E-state index contributed by atoms with van der Waals surface area (Å²) in [4.78, 5) is 13.3. The zero-order valence-electron chi connectivity index (χ0n) is 23.3. The highest BCUT2D eigenvalue weighted by Crippen LogP contribution is 2.77. The molecule has 0 heterocycles. The van der Waals surface area contributed by atoms with Crippen LogP contribution in [0.4, 0.5) is 4.39 Å². The molecule has 5 aliphatic rings. The molecular formula is C31H49FO3. The lowest BCUT2D eigenvalue weighted by molar-refractivity contribution is -0.257. The minimum Gasteiger partial charge on any atom is -0.469 e. The Morgan fingerprint density at radius 2 is 1.63 bits per heavy atom. The molecule has 0 aromatic rings. The van der Waals surface area contributed by atoms with Crippen molar-refractivity contribution in [3.05, 3.63) is 12.2 Å². The summed E-state index contributed by atoms with van der Waals surface area (Å²) >= 11 is 0. The second-order valence-corrected chi connectivity index (χ2v) is 14.8. The number of carbonyl (C=O) groups is 1. The lowest BCUT2D eigenvalue weighted by Crippen LogP contribution is -2.68. The molecule has 5 saturated carbocycles. The van der Waals surface area contributed by atoms with Crippen molar-refractivity contribution in [2.75, 3.05) is 7.11 Å². The quantitative estimate of drug-likeness (QED) is 0.332. The van der Waals surface area contributed by atoms with Gasteiger partial charge in [-0.2, -0.15) is 0 Å². The smallest absolute Gasteiger partial charge is 0.312 e. The number of methoxy groups -OCH3 is 1. The van der Waals surface area contributed by atoms with Crippen molar-refractivity contribution < 1.29 is 19.0 Å². The Morgan fingerprint density at radius 1 is 0.943 bits per heavy atom. The second kappa shape index (κ2) is 7.81. The molecule has 0 spiro atoms. The number of allylic oxidation sites excluding steroid dienone is 1. The number of halogens is 1. The highest BCUT2D eigenvalue weighted by atomic mass is 19.1. The van der Waals surface area contributed by atoms with E-state index in [0.717, 1.165) is 51.4 Å². The molecule has 0 aromatic carbocycles. The Kier molecular flexibility index (Phi) is 5.74. The van der Waals surface area contributed by atoms with E-state index in [-0.39, 0.29) is 27.6 Å². The molecule has 0 amide bonds. The number of hydrogen-bond acceptors (Lipinski definition) is 3. The van der Waals surface area contributed by atoms with E-state index in [4.69, 9.17) is 4.74 Å². The Morgan fingerprint density at radius 3 is 2.26 bits per heavy atom. The van der Waals surface area contributed by atoms with Gasteiger partial charge in [0.1, 0.15) is 6.17 Å². The number of rotatable bonds is 2. The largest absolute Gasteiger partial charge is 0.469 e. The van der Waals surface area contributed by atoms with Gasteiger partial charge in [-0.15, -0.1) is 0 Å². The third kappa shape index (κ3) is 3.01. The first kappa shape index (κ1) is 25.7. The maximum atomic E-state index is 15.4. The van der Waals surface area contributed by atoms with Gasteiger partial charge in [-0.05, 0) is 116 Å². The van der Waals surface area contributed by atoms with Crippen LogP contribution in [0.3, 0.4) is 0 Å². The van der Waals surface area contributed by atoms with Crippen molar-refractivity contribution in [3.8, 4) is 0 Å². The summed E-state index contributed by atoms with van der Waals surface area (Å²) in [7, 11) is 1.56. The van der Waals surface area contributed by atoms with Gasteiger partial charge in [0.2, 0.25) is 0 Å². The molecular weight excluding hydrogens is 439 g/mol. The topological polar surface area (TPSA) is 46.5 Å². The molecule has 5 aliphatic carbocycles. The second-order valence-electron chi connectivity index (χ2n) is 14.8. The van der Waals surface area contributed by atoms with Gasteiger partial charge in [-0.25, -0.2) is 4.39 Å². The average molecular weight is 489 g/mol. The summed E-state index contributed by atoms with van der Waals surface area (Å²) in [6, 6.07) is 0. The third-order valence-electron chi connectivity index (χ3n) is 13.6. The van der Waals surface area contributed by atoms with Crippen molar-refractivity contribution in [1.82, 2.24) is 0 Å². The number of ether oxygens (including phenoxy) is 1. The summed E-state index contributed by atoms with van der Waals surface area (Å²) in [5, 5.41) is 10.8. The first-order valence-electron chi connectivity index (χ1n) is 14.3. The molecule has 4 heteroatoms. The number of aliphatic hydroxyl groups is 1. The van der Waals surface area contributed by atoms with E-state index in [9.17, 15) is 9.90 Å². The fraction of sp³-hybridized carbons (Fsp3) is 0.903. The van der Waals surface area contributed by atoms with E-state index in [1.165, 1.54) is 5.57 Å². The fourth-order valence-corrected chi connectivity index (χ4v) is 11.8. The number of fused-ring (bicyclic) bond motifs is 7. The van der Waals surface area contributed by atoms with Crippen molar-refractivity contribution in [3.63, 3.8) is 0 Å². The number of hydrogen-bond donors (Lipinski definition) is 1. The molecule has 1 N–H and O–H groups in total. The van der Waals surface area contributed by atoms with Crippen molar-refractivity contribution in [2.24, 2.45) is 56.7 Å². The summed E-state index contributed by atoms with van der Waals surface area (Å²) in [5.41, 5.74) is 0.544. The molecule has 5 rings (SSSR count). The summed E-state index contributed by atoms with van der Waals surface area (Å²) < 4.78 is 20.8. The molecule has 198 valence electrons. The van der Waals surface area contributed by atoms with Crippen molar-refractivity contribution in [1.29, 1.82) is 0 Å². The van der Waals surface area contributed by atoms with Gasteiger partial charge in [0.25, 0.3) is 0 Å². The van der Waals surface area contributed by atoms with Gasteiger partial charge in [0.15, 0.2) is 0 Å². The van der Waals surface area contributed by atoms with Crippen LogP contribution in [-0.4, -0.2) is 30.5 Å². The molecule has 0 radical (unpaired) electrons. The minimum absolute atomic E-state index is 0.000430. The van der Waals surface area contributed by atoms with Gasteiger partial charge in [0, 0.05) is 0 Å². The van der Waals surface area contributed by atoms with Crippen LogP contribution in [0.2, 0.25) is 0 Å². The van der Waals surface area contributed by atoms with Crippen LogP contribution in [0.1, 0.15) is 99.3 Å². The predicted molar refractivity (Wildman–Crippen MR) is 137 cm³/mol. The Balaban J connectivity index is 1.57. The summed E-state index contributed by atoms with van der Waals surface area (Å²) in [6.45, 7) is 18.1. The fourth-order valence-electron chi connectivity index (χ4n) is 11.8. The SMILES string of the molecule is C=C(C)[C@@H]1CC[C@]2(C(=O)OC)CC[C@]3(C)[C@H](CC[C@@H]4[C@@]5(C)CC(F)[C@H](O)C(C)(C)[C@@H]5CC[C@]43C)[C@@H]12. The third-order valence-corrected chi connectivity index (χ3v) is 13.6. The normalized spacial score (nSPS) is 54.6. The highest BCUT2D eigenvalue weighted by molar-refractivity contribution is 5.78. The molecule has 5 fully saturated rings. The highest BCUT2D eigenvalue weighted by Gasteiger charge is 2.72. The molecule has 35 heavy (non-hydrogen) atoms. The zero-order valence-corrected chi connectivity index (χ0v) is 23.3. The van der Waals surface area contributed by atoms with Gasteiger partial charge >= 0.3 is 5.97 Å². The summed E-state index contributed by atoms with van der Waals surface area (Å²) in [5.74, 6) is 1.92. The maximum Gasteiger partial charge on any atom is 0.312 e. The minimum atomic E-state index is -1.15. The van der Waals surface area contributed by atoms with Crippen LogP contribution in [0, 0.1) is 56.7 Å². The van der Waals surface area contributed by atoms with Crippen molar-refractivity contribution in [2.45, 2.75) is 112 Å². The standard InChI is InChI=1S/C31H49FO3/c1-18(2)19-11-14-31(26(34)35-8)16-15-29(6)20(24(19)31)9-10-23-28(5)17-21(32)25(33)27(3,4)22(28)12-13-30(23,29)7/h19-25,33H,1,9-17H2,2-8H3/t19-,20+,21?,22-,23+,24+,25-,28-,29+,30+,31-/m0/s1. The molecule has 11 atom stereocenters. The Labute approximate surface area is 212 Å². The van der Waals surface area contributed by atoms with E-state index in [0.29, 0.717) is 36.0 Å². The number of esters is 1. The van der Waals surface area contributed by atoms with E-state index < -0.39 is 17.7 Å². The first-order valence-corrected chi connectivity index (χ1v) is 14.3. The van der Waals surface area contributed by atoms with Gasteiger partial charge < -0.3 is 9.84 Å². The maximum absolute atomic E-state index is 15.4. The monoisotopic (exact) mass is 488 g/mol. The molecule has 0 aliphatic heterocycles. The molecule has 0 saturated heterocycles. The Hall–Kier alpha value is -0.900. The van der Waals surface area contributed by atoms with Gasteiger partial charge in [-0.3, -0.25) is 4.79 Å². The zero-order chi connectivity index (χ0) is 25.8.